The average Bonchev–Trinajstić information content (AvgIpc) is 0.834. The number of hydrogen-bond donors (Lipinski definition) is 17. The Kier molecular flexibility index (Phi) is 50.4. The molecule has 37 nitrogen and oxygen atoms in total. The van der Waals surface area contributed by atoms with Gasteiger partial charge in [-0.05, 0) is 144 Å². The fraction of sp³-hybridized carbons (Fsp3) is 0.606. The predicted molar refractivity (Wildman–Crippen MR) is 483 cm³/mol. The second-order valence-corrected chi connectivity index (χ2v) is 36.1. The van der Waals surface area contributed by atoms with Crippen LogP contribution >= 0.6 is 11.8 Å². The zero-order valence-electron chi connectivity index (χ0n) is 76.5. The summed E-state index contributed by atoms with van der Waals surface area (Å²) < 4.78 is 0. The van der Waals surface area contributed by atoms with Crippen LogP contribution < -0.4 is 43.0 Å². The number of aliphatic hydroxyl groups is 4. The molecule has 1 fully saturated rings. The van der Waals surface area contributed by atoms with Gasteiger partial charge in [0.05, 0.1) is 110 Å². The normalized spacial score (nSPS) is 16.3. The van der Waals surface area contributed by atoms with Crippen LogP contribution in [0.15, 0.2) is 78.9 Å². The molecule has 0 aliphatic carbocycles. The molecule has 0 unspecified atom stereocenters. The van der Waals surface area contributed by atoms with Gasteiger partial charge in [-0.1, -0.05) is 102 Å². The molecule has 0 bridgehead atoms. The highest BCUT2D eigenvalue weighted by atomic mass is 32.2. The number of phenols is 2. The van der Waals surface area contributed by atoms with E-state index in [0.717, 1.165) is 31.5 Å². The standard InChI is InChI=1S/C94H135N9O28S/c1-9-54(4)86(82(117)42-63(36-60-22-27-67(108)28-23-60)89(126)98-74(35-53(2)3)78(113)40-64(44-84(120)121)88(125)97-56(6)18-13-14-32-95)102-91(128)66(49-104)43-79(114)75(38-61-24-29-68(109)30-25-61)99-90(127)65(45-85(122)123)41-80(115)77(50-105)101-93(130)73(58(8)107)47-81(116)76(37-59-19-11-10-12-20-59)100-92(129)72(57(7)106)46-70(111)48-96-87(124)62(26-31-83(118)119)39-71(112)52-132-51-69(110)21-16-34-103-33-15-17-55(5)94(103)131/h10-12,19-20,22-25,27-30,53-58,62-66,72-77,86,104-109H,9,13-18,21,26,31-52,95H2,1-8H3,(H,96,124)(H,97,125)(H,98,126)(H,99,127)(H,100,129)(H,101,130)(H,102,128)(H,118,119)(H,120,121)(H,122,123)/t54-,55-,56+,57+,58+,62+,63+,64-,65-,66-,72-,73-,74-,75-,76-,77-,86-/m0/s1. The predicted octanol–water partition coefficient (Wildman–Crippen LogP) is 3.32. The molecule has 17 atom stereocenters. The Bertz CT molecular complexity index is 4380. The second-order valence-electron chi connectivity index (χ2n) is 35.1. The molecule has 0 saturated carbocycles. The van der Waals surface area contributed by atoms with Crippen molar-refractivity contribution in [3.8, 4) is 11.5 Å². The molecule has 38 heteroatoms. The third-order valence-corrected chi connectivity index (χ3v) is 24.4. The number of amides is 8. The van der Waals surface area contributed by atoms with Crippen molar-refractivity contribution in [2.75, 3.05) is 50.9 Å². The van der Waals surface area contributed by atoms with Gasteiger partial charge >= 0.3 is 17.9 Å². The van der Waals surface area contributed by atoms with Gasteiger partial charge in [-0.15, -0.1) is 11.8 Å². The third kappa shape index (κ3) is 41.4. The van der Waals surface area contributed by atoms with Crippen LogP contribution in [0.1, 0.15) is 200 Å². The molecule has 18 N–H and O–H groups in total. The van der Waals surface area contributed by atoms with E-state index in [1.165, 1.54) is 55.5 Å². The number of hydrogen-bond acceptors (Lipinski definition) is 27. The van der Waals surface area contributed by atoms with Crippen molar-refractivity contribution in [1.82, 2.24) is 42.1 Å². The van der Waals surface area contributed by atoms with Crippen LogP contribution in [0, 0.1) is 59.2 Å². The number of carboxylic acids is 3. The van der Waals surface area contributed by atoms with Gasteiger partial charge in [-0.3, -0.25) is 91.1 Å². The third-order valence-electron chi connectivity index (χ3n) is 23.4. The number of Topliss-reactive ketones (excluding diaryl/α,β-unsaturated/α-hetero) is 8. The summed E-state index contributed by atoms with van der Waals surface area (Å²) in [6, 6.07) is 10.5. The summed E-state index contributed by atoms with van der Waals surface area (Å²) in [5.41, 5.74) is 6.78. The van der Waals surface area contributed by atoms with Crippen LogP contribution in [0.2, 0.25) is 0 Å². The number of carboxylic acid groups (broad SMARTS) is 3. The van der Waals surface area contributed by atoms with Crippen molar-refractivity contribution in [2.45, 2.75) is 252 Å². The maximum Gasteiger partial charge on any atom is 0.304 e. The molecule has 1 heterocycles. The number of piperidine rings is 1. The highest BCUT2D eigenvalue weighted by Gasteiger charge is 2.41. The summed E-state index contributed by atoms with van der Waals surface area (Å²) in [7, 11) is 0. The van der Waals surface area contributed by atoms with Gasteiger partial charge in [0.25, 0.3) is 0 Å². The lowest BCUT2D eigenvalue weighted by atomic mass is 9.85. The number of phenolic OH excluding ortho intramolecular Hbond substituents is 2. The Hall–Kier alpha value is -11.1. The first kappa shape index (κ1) is 113. The molecular formula is C94H135N9O28S. The van der Waals surface area contributed by atoms with Crippen molar-refractivity contribution in [3.63, 3.8) is 0 Å². The largest absolute Gasteiger partial charge is 0.508 e. The lowest BCUT2D eigenvalue weighted by molar-refractivity contribution is -0.143. The fourth-order valence-electron chi connectivity index (χ4n) is 15.4. The Morgan fingerprint density at radius 3 is 1.47 bits per heavy atom. The zero-order valence-corrected chi connectivity index (χ0v) is 77.3. The summed E-state index contributed by atoms with van der Waals surface area (Å²) in [5, 5.41) is 111. The Labute approximate surface area is 773 Å². The van der Waals surface area contributed by atoms with E-state index in [2.05, 4.69) is 37.2 Å². The number of rotatable bonds is 67. The van der Waals surface area contributed by atoms with Crippen molar-refractivity contribution in [3.05, 3.63) is 95.6 Å². The van der Waals surface area contributed by atoms with E-state index < -0.39 is 280 Å². The number of benzene rings is 3. The lowest BCUT2D eigenvalue weighted by Gasteiger charge is -2.30. The first-order chi connectivity index (χ1) is 62.4. The van der Waals surface area contributed by atoms with Gasteiger partial charge in [0.2, 0.25) is 47.3 Å². The Morgan fingerprint density at radius 1 is 0.462 bits per heavy atom. The van der Waals surface area contributed by atoms with Gasteiger partial charge < -0.3 is 93.8 Å². The number of thioether (sulfide) groups is 1. The number of nitrogens with zero attached hydrogens (tertiary/aromatic N) is 1. The van der Waals surface area contributed by atoms with Gasteiger partial charge in [0.15, 0.2) is 34.7 Å². The number of likely N-dealkylation sites (tertiary alicyclic amines) is 1. The molecule has 1 aliphatic heterocycles. The van der Waals surface area contributed by atoms with Crippen LogP contribution in [0.5, 0.6) is 11.5 Å². The number of carbonyl (C=O) groups is 19. The van der Waals surface area contributed by atoms with Crippen LogP contribution in [0.3, 0.4) is 0 Å². The molecular weight excluding hydrogens is 1740 g/mol. The highest BCUT2D eigenvalue weighted by molar-refractivity contribution is 8.00. The highest BCUT2D eigenvalue weighted by Crippen LogP contribution is 2.27. The first-order valence-electron chi connectivity index (χ1n) is 45.1. The minimum Gasteiger partial charge on any atom is -0.508 e. The summed E-state index contributed by atoms with van der Waals surface area (Å²) in [4.78, 5) is 262. The molecule has 8 amide bonds. The molecule has 1 aliphatic rings. The monoisotopic (exact) mass is 1870 g/mol. The number of aromatic hydroxyl groups is 2. The molecule has 0 radical (unpaired) electrons. The SMILES string of the molecule is CC[C@H](C)[C@H](NC(=O)[C@H](CO)CC(=O)[C@H](Cc1ccc(O)cc1)NC(=O)[C@H](CC(=O)O)CC(=O)[C@H](CO)NC(=O)[C@@H](CC(=O)[C@H](Cc1ccccc1)NC(=O)[C@@H](CC(=O)CNC(=O)[C@H](CCC(=O)O)CC(=O)CSCC(=O)CCCN1CCC[C@H](C)C1=O)[C@@H](C)O)[C@@H](C)O)C(=O)C[C@@H](Cc1ccc(O)cc1)C(=O)N[C@@H](CC(C)C)C(=O)C[C@@H](CC(=O)O)C(=O)N[C@H](C)CCCCN. The first-order valence-corrected chi connectivity index (χ1v) is 46.2. The quantitative estimate of drug-likeness (QED) is 0.0360. The van der Waals surface area contributed by atoms with Gasteiger partial charge in [-0.25, -0.2) is 0 Å². The minimum absolute atomic E-state index is 0.0260. The number of unbranched alkanes of at least 4 members (excludes halogenated alkanes) is 1. The molecule has 3 aromatic carbocycles. The summed E-state index contributed by atoms with van der Waals surface area (Å²) in [5.74, 6) is -29.7. The van der Waals surface area contributed by atoms with Crippen molar-refractivity contribution >= 4 is 123 Å². The van der Waals surface area contributed by atoms with Crippen molar-refractivity contribution in [1.29, 1.82) is 0 Å². The van der Waals surface area contributed by atoms with Crippen molar-refractivity contribution < 1.29 is 137 Å². The maximum absolute atomic E-state index is 14.9. The fourth-order valence-corrected chi connectivity index (χ4v) is 16.2. The number of aliphatic carboxylic acids is 3. The number of carbonyl (C=O) groups excluding carboxylic acids is 16. The number of ketones is 8. The van der Waals surface area contributed by atoms with E-state index in [4.69, 9.17) is 5.73 Å². The average molecular weight is 1870 g/mol. The molecule has 730 valence electrons. The van der Waals surface area contributed by atoms with Crippen LogP contribution in [0.25, 0.3) is 0 Å². The Balaban J connectivity index is 1.52. The summed E-state index contributed by atoms with van der Waals surface area (Å²) >= 11 is 1.01. The van der Waals surface area contributed by atoms with E-state index in [9.17, 15) is 137 Å². The van der Waals surface area contributed by atoms with Crippen LogP contribution in [0.4, 0.5) is 0 Å². The van der Waals surface area contributed by atoms with Gasteiger partial charge in [-0.2, -0.15) is 0 Å². The smallest absolute Gasteiger partial charge is 0.304 e. The van der Waals surface area contributed by atoms with E-state index in [1.54, 1.807) is 69.9 Å². The second kappa shape index (κ2) is 58.8. The minimum atomic E-state index is -1.99. The Morgan fingerprint density at radius 2 is 0.939 bits per heavy atom. The molecule has 132 heavy (non-hydrogen) atoms. The van der Waals surface area contributed by atoms with Gasteiger partial charge in [0, 0.05) is 94.7 Å². The van der Waals surface area contributed by atoms with Crippen molar-refractivity contribution in [2.24, 2.45) is 64.9 Å². The number of nitrogens with two attached hydrogens (primary N) is 1. The molecule has 3 aromatic rings. The van der Waals surface area contributed by atoms with E-state index in [-0.39, 0.29) is 96.7 Å². The van der Waals surface area contributed by atoms with E-state index in [1.807, 2.05) is 6.92 Å². The lowest BCUT2D eigenvalue weighted by Crippen LogP contribution is -2.52. The van der Waals surface area contributed by atoms with E-state index in [0.29, 0.717) is 56.4 Å². The molecule has 1 saturated heterocycles. The van der Waals surface area contributed by atoms with Crippen LogP contribution in [-0.2, 0) is 110 Å². The maximum atomic E-state index is 14.9. The van der Waals surface area contributed by atoms with E-state index >= 15 is 0 Å². The number of nitrogens with one attached hydrogen (secondary N) is 7. The topological polar surface area (TPSA) is 620 Å². The summed E-state index contributed by atoms with van der Waals surface area (Å²) in [6.07, 6.45) is -7.77. The molecule has 0 spiro atoms. The molecule has 4 rings (SSSR count). The van der Waals surface area contributed by atoms with Gasteiger partial charge in [0.1, 0.15) is 29.1 Å². The zero-order chi connectivity index (χ0) is 98.6. The summed E-state index contributed by atoms with van der Waals surface area (Å²) in [6.45, 7) is 11.1. The molecule has 0 aromatic heterocycles. The van der Waals surface area contributed by atoms with Crippen LogP contribution in [-0.4, -0.2) is 262 Å². The number of aliphatic hydroxyl groups excluding tert-OH is 4.